The number of hydrogen-bond acceptors (Lipinski definition) is 3. The summed E-state index contributed by atoms with van der Waals surface area (Å²) in [7, 11) is 1.14. The third kappa shape index (κ3) is 2.94. The second kappa shape index (κ2) is 4.50. The minimum atomic E-state index is -4.82. The molecule has 3 nitrogen and oxygen atoms in total. The molecule has 8 heteroatoms. The minimum Gasteiger partial charge on any atom is -0.481 e. The standard InChI is InChI=1S/C8H6F5NO2/c1-15-6-2-5(16-7(9)10)4(3-14-6)8(11,12)13/h2-3,7H,1H3. The van der Waals surface area contributed by atoms with Gasteiger partial charge in [-0.1, -0.05) is 0 Å². The number of halogens is 5. The van der Waals surface area contributed by atoms with Crippen LogP contribution in [0.25, 0.3) is 0 Å². The van der Waals surface area contributed by atoms with Crippen molar-refractivity contribution in [1.82, 2.24) is 4.98 Å². The molecule has 0 unspecified atom stereocenters. The highest BCUT2D eigenvalue weighted by atomic mass is 19.4. The first-order chi connectivity index (χ1) is 7.34. The maximum absolute atomic E-state index is 12.3. The van der Waals surface area contributed by atoms with Crippen LogP contribution in [0.4, 0.5) is 22.0 Å². The predicted octanol–water partition coefficient (Wildman–Crippen LogP) is 2.71. The fourth-order valence-corrected chi connectivity index (χ4v) is 0.937. The number of ether oxygens (including phenoxy) is 2. The summed E-state index contributed by atoms with van der Waals surface area (Å²) < 4.78 is 69.0. The van der Waals surface area contributed by atoms with Crippen LogP contribution in [0.15, 0.2) is 12.3 Å². The zero-order valence-corrected chi connectivity index (χ0v) is 7.89. The second-order valence-electron chi connectivity index (χ2n) is 2.60. The summed E-state index contributed by atoms with van der Waals surface area (Å²) in [5, 5.41) is 0. The molecule has 1 rings (SSSR count). The van der Waals surface area contributed by atoms with Gasteiger partial charge < -0.3 is 9.47 Å². The number of hydrogen-bond donors (Lipinski definition) is 0. The first-order valence-corrected chi connectivity index (χ1v) is 3.90. The lowest BCUT2D eigenvalue weighted by Gasteiger charge is -2.13. The molecule has 0 atom stereocenters. The topological polar surface area (TPSA) is 31.4 Å². The van der Waals surface area contributed by atoms with Crippen molar-refractivity contribution in [2.24, 2.45) is 0 Å². The van der Waals surface area contributed by atoms with Crippen LogP contribution in [0.5, 0.6) is 11.6 Å². The summed E-state index contributed by atoms with van der Waals surface area (Å²) in [5.41, 5.74) is -1.38. The summed E-state index contributed by atoms with van der Waals surface area (Å²) in [4.78, 5) is 3.26. The fraction of sp³-hybridized carbons (Fsp3) is 0.375. The van der Waals surface area contributed by atoms with E-state index in [-0.39, 0.29) is 5.88 Å². The number of methoxy groups -OCH3 is 1. The molecule has 0 radical (unpaired) electrons. The second-order valence-corrected chi connectivity index (χ2v) is 2.60. The van der Waals surface area contributed by atoms with Gasteiger partial charge in [0, 0.05) is 12.3 Å². The molecule has 0 fully saturated rings. The van der Waals surface area contributed by atoms with Crippen LogP contribution < -0.4 is 9.47 Å². The van der Waals surface area contributed by atoms with Crippen molar-refractivity contribution in [2.45, 2.75) is 12.8 Å². The van der Waals surface area contributed by atoms with Gasteiger partial charge in [-0.15, -0.1) is 0 Å². The Morgan fingerprint density at radius 3 is 2.38 bits per heavy atom. The third-order valence-corrected chi connectivity index (χ3v) is 1.57. The fourth-order valence-electron chi connectivity index (χ4n) is 0.937. The molecule has 1 aromatic rings. The van der Waals surface area contributed by atoms with Crippen LogP contribution >= 0.6 is 0 Å². The van der Waals surface area contributed by atoms with Crippen molar-refractivity contribution in [2.75, 3.05) is 7.11 Å². The van der Waals surface area contributed by atoms with Crippen molar-refractivity contribution in [3.8, 4) is 11.6 Å². The largest absolute Gasteiger partial charge is 0.481 e. The highest BCUT2D eigenvalue weighted by molar-refractivity contribution is 5.37. The summed E-state index contributed by atoms with van der Waals surface area (Å²) in [6, 6.07) is 0.648. The van der Waals surface area contributed by atoms with E-state index in [9.17, 15) is 22.0 Å². The molecule has 0 saturated heterocycles. The van der Waals surface area contributed by atoms with E-state index in [2.05, 4.69) is 14.5 Å². The van der Waals surface area contributed by atoms with Crippen LogP contribution in [-0.2, 0) is 6.18 Å². The Bertz CT molecular complexity index is 366. The zero-order valence-electron chi connectivity index (χ0n) is 7.89. The number of rotatable bonds is 3. The average molecular weight is 243 g/mol. The van der Waals surface area contributed by atoms with Gasteiger partial charge in [-0.2, -0.15) is 22.0 Å². The molecular weight excluding hydrogens is 237 g/mol. The summed E-state index contributed by atoms with van der Waals surface area (Å²) >= 11 is 0. The molecule has 0 aliphatic rings. The summed E-state index contributed by atoms with van der Waals surface area (Å²) in [6.45, 7) is -3.35. The monoisotopic (exact) mass is 243 g/mol. The van der Waals surface area contributed by atoms with Gasteiger partial charge in [0.15, 0.2) is 0 Å². The van der Waals surface area contributed by atoms with E-state index < -0.39 is 24.1 Å². The average Bonchev–Trinajstić information content (AvgIpc) is 2.14. The van der Waals surface area contributed by atoms with Gasteiger partial charge in [0.25, 0.3) is 0 Å². The molecule has 0 aliphatic carbocycles. The van der Waals surface area contributed by atoms with Crippen LogP contribution in [0.1, 0.15) is 5.56 Å². The van der Waals surface area contributed by atoms with Gasteiger partial charge in [-0.3, -0.25) is 0 Å². The molecule has 0 aromatic carbocycles. The maximum atomic E-state index is 12.3. The maximum Gasteiger partial charge on any atom is 0.421 e. The first-order valence-electron chi connectivity index (χ1n) is 3.90. The molecule has 1 aromatic heterocycles. The Labute approximate surface area is 86.8 Å². The highest BCUT2D eigenvalue weighted by Gasteiger charge is 2.36. The van der Waals surface area contributed by atoms with Crippen molar-refractivity contribution >= 4 is 0 Å². The Balaban J connectivity index is 3.16. The molecule has 0 bridgehead atoms. The smallest absolute Gasteiger partial charge is 0.421 e. The van der Waals surface area contributed by atoms with E-state index in [1.54, 1.807) is 0 Å². The van der Waals surface area contributed by atoms with Crippen LogP contribution in [0, 0.1) is 0 Å². The van der Waals surface area contributed by atoms with E-state index in [0.717, 1.165) is 7.11 Å². The van der Waals surface area contributed by atoms with Crippen molar-refractivity contribution in [3.05, 3.63) is 17.8 Å². The molecule has 0 saturated carbocycles. The van der Waals surface area contributed by atoms with Gasteiger partial charge in [-0.05, 0) is 0 Å². The normalized spacial score (nSPS) is 11.7. The highest BCUT2D eigenvalue weighted by Crippen LogP contribution is 2.37. The number of aromatic nitrogens is 1. The third-order valence-electron chi connectivity index (χ3n) is 1.57. The van der Waals surface area contributed by atoms with Gasteiger partial charge in [0.2, 0.25) is 5.88 Å². The van der Waals surface area contributed by atoms with E-state index in [4.69, 9.17) is 0 Å². The Morgan fingerprint density at radius 2 is 1.94 bits per heavy atom. The van der Waals surface area contributed by atoms with Gasteiger partial charge in [0.1, 0.15) is 11.3 Å². The Morgan fingerprint density at radius 1 is 1.31 bits per heavy atom. The predicted molar refractivity (Wildman–Crippen MR) is 42.4 cm³/mol. The molecule has 1 heterocycles. The Kier molecular flexibility index (Phi) is 3.51. The molecule has 0 amide bonds. The van der Waals surface area contributed by atoms with Crippen LogP contribution in [0.2, 0.25) is 0 Å². The number of nitrogens with zero attached hydrogens (tertiary/aromatic N) is 1. The van der Waals surface area contributed by atoms with Crippen molar-refractivity contribution < 1.29 is 31.4 Å². The first kappa shape index (κ1) is 12.5. The lowest BCUT2D eigenvalue weighted by atomic mass is 10.2. The van der Waals surface area contributed by atoms with Crippen molar-refractivity contribution in [1.29, 1.82) is 0 Å². The molecule has 90 valence electrons. The van der Waals surface area contributed by atoms with E-state index in [1.165, 1.54) is 0 Å². The summed E-state index contributed by atoms with van der Waals surface area (Å²) in [5.74, 6) is -1.27. The summed E-state index contributed by atoms with van der Waals surface area (Å²) in [6.07, 6.45) is -4.44. The lowest BCUT2D eigenvalue weighted by molar-refractivity contribution is -0.142. The van der Waals surface area contributed by atoms with Crippen LogP contribution in [0.3, 0.4) is 0 Å². The van der Waals surface area contributed by atoms with E-state index >= 15 is 0 Å². The molecular formula is C8H6F5NO2. The Hall–Kier alpha value is -1.60. The van der Waals surface area contributed by atoms with Crippen LogP contribution in [-0.4, -0.2) is 18.7 Å². The molecule has 0 spiro atoms. The molecule has 16 heavy (non-hydrogen) atoms. The molecule has 0 N–H and O–H groups in total. The lowest BCUT2D eigenvalue weighted by Crippen LogP contribution is -2.12. The molecule has 0 aliphatic heterocycles. The van der Waals surface area contributed by atoms with E-state index in [1.807, 2.05) is 0 Å². The van der Waals surface area contributed by atoms with Crippen molar-refractivity contribution in [3.63, 3.8) is 0 Å². The van der Waals surface area contributed by atoms with Gasteiger partial charge in [-0.25, -0.2) is 4.98 Å². The number of alkyl halides is 5. The zero-order chi connectivity index (χ0) is 12.3. The van der Waals surface area contributed by atoms with Gasteiger partial charge >= 0.3 is 12.8 Å². The minimum absolute atomic E-state index is 0.247. The quantitative estimate of drug-likeness (QED) is 0.765. The number of pyridine rings is 1. The van der Waals surface area contributed by atoms with E-state index in [0.29, 0.717) is 12.3 Å². The SMILES string of the molecule is COc1cc(OC(F)F)c(C(F)(F)F)cn1. The van der Waals surface area contributed by atoms with Gasteiger partial charge in [0.05, 0.1) is 7.11 Å².